The molecule has 1 N–H and O–H groups in total. The molecule has 4 aliphatic heterocycles. The van der Waals surface area contributed by atoms with E-state index in [0.29, 0.717) is 27.8 Å². The number of nitrogens with one attached hydrogen (secondary N) is 1. The maximum absolute atomic E-state index is 14.0. The van der Waals surface area contributed by atoms with Gasteiger partial charge in [0.05, 0.1) is 22.5 Å². The number of fused-ring (bicyclic) bond motifs is 7. The number of anilines is 2. The number of imide groups is 1. The Morgan fingerprint density at radius 1 is 0.971 bits per heavy atom. The van der Waals surface area contributed by atoms with E-state index in [4.69, 9.17) is 46.4 Å². The van der Waals surface area contributed by atoms with Crippen LogP contribution in [0.1, 0.15) is 24.8 Å². The van der Waals surface area contributed by atoms with Gasteiger partial charge in [0.2, 0.25) is 11.8 Å². The summed E-state index contributed by atoms with van der Waals surface area (Å²) in [6.45, 7) is 0.642. The number of rotatable bonds is 1. The Morgan fingerprint density at radius 2 is 1.71 bits per heavy atom. The van der Waals surface area contributed by atoms with Crippen LogP contribution < -0.4 is 10.2 Å². The molecule has 4 unspecified atom stereocenters. The van der Waals surface area contributed by atoms with Crippen LogP contribution in [0.2, 0.25) is 20.2 Å². The Morgan fingerprint density at radius 3 is 2.41 bits per heavy atom. The fourth-order valence-corrected chi connectivity index (χ4v) is 7.76. The molecular weight excluding hydrogens is 522 g/mol. The summed E-state index contributed by atoms with van der Waals surface area (Å²) in [6, 6.07) is 5.84. The second-order valence-electron chi connectivity index (χ2n) is 9.91. The third kappa shape index (κ3) is 2.49. The lowest BCUT2D eigenvalue weighted by Gasteiger charge is -2.37. The number of halogens is 4. The van der Waals surface area contributed by atoms with Crippen molar-refractivity contribution >= 4 is 75.6 Å². The van der Waals surface area contributed by atoms with Crippen LogP contribution in [-0.2, 0) is 19.9 Å². The van der Waals surface area contributed by atoms with Gasteiger partial charge in [0.1, 0.15) is 16.5 Å². The average molecular weight is 538 g/mol. The van der Waals surface area contributed by atoms with Crippen molar-refractivity contribution in [1.82, 2.24) is 9.88 Å². The maximum atomic E-state index is 14.0. The zero-order valence-corrected chi connectivity index (χ0v) is 20.5. The molecule has 34 heavy (non-hydrogen) atoms. The smallest absolute Gasteiger partial charge is 0.250 e. The first-order chi connectivity index (χ1) is 16.2. The minimum absolute atomic E-state index is 0.0606. The van der Waals surface area contributed by atoms with Crippen LogP contribution in [-0.4, -0.2) is 40.2 Å². The monoisotopic (exact) mass is 536 g/mol. The SMILES string of the molecule is O=C1C2C3CC4(CC4)CN3C3(C(=O)Nc4c(Cl)cc(Cl)cc43)C2C(=O)N1c1cc(Cl)cc(Cl)n1. The third-order valence-electron chi connectivity index (χ3n) is 8.20. The van der Waals surface area contributed by atoms with E-state index in [-0.39, 0.29) is 39.3 Å². The first-order valence-corrected chi connectivity index (χ1v) is 12.5. The molecule has 174 valence electrons. The lowest BCUT2D eigenvalue weighted by atomic mass is 9.74. The highest BCUT2D eigenvalue weighted by Gasteiger charge is 2.77. The second kappa shape index (κ2) is 6.65. The highest BCUT2D eigenvalue weighted by Crippen LogP contribution is 2.67. The van der Waals surface area contributed by atoms with Crippen molar-refractivity contribution < 1.29 is 14.4 Å². The molecule has 1 aromatic heterocycles. The van der Waals surface area contributed by atoms with Crippen molar-refractivity contribution in [3.8, 4) is 0 Å². The summed E-state index contributed by atoms with van der Waals surface area (Å²) in [5, 5.41) is 3.87. The molecule has 7 nitrogen and oxygen atoms in total. The summed E-state index contributed by atoms with van der Waals surface area (Å²) in [5.74, 6) is -2.84. The highest BCUT2D eigenvalue weighted by molar-refractivity contribution is 6.38. The molecule has 1 aliphatic carbocycles. The molecule has 4 fully saturated rings. The molecule has 5 aliphatic rings. The fourth-order valence-electron chi connectivity index (χ4n) is 6.76. The third-order valence-corrected chi connectivity index (χ3v) is 9.13. The minimum Gasteiger partial charge on any atom is -0.323 e. The molecule has 1 saturated carbocycles. The fraction of sp³-hybridized carbons (Fsp3) is 0.391. The summed E-state index contributed by atoms with van der Waals surface area (Å²) >= 11 is 25.1. The van der Waals surface area contributed by atoms with Crippen molar-refractivity contribution in [2.75, 3.05) is 16.8 Å². The predicted octanol–water partition coefficient (Wildman–Crippen LogP) is 4.52. The molecule has 0 bridgehead atoms. The van der Waals surface area contributed by atoms with Crippen LogP contribution in [0.4, 0.5) is 11.5 Å². The largest absolute Gasteiger partial charge is 0.323 e. The van der Waals surface area contributed by atoms with Crippen molar-refractivity contribution in [3.63, 3.8) is 0 Å². The van der Waals surface area contributed by atoms with Gasteiger partial charge in [-0.2, -0.15) is 0 Å². The molecule has 0 radical (unpaired) electrons. The number of aromatic nitrogens is 1. The van der Waals surface area contributed by atoms with Crippen molar-refractivity contribution in [2.45, 2.75) is 30.8 Å². The second-order valence-corrected chi connectivity index (χ2v) is 11.6. The molecule has 4 atom stereocenters. The van der Waals surface area contributed by atoms with Crippen LogP contribution >= 0.6 is 46.4 Å². The van der Waals surface area contributed by atoms with Gasteiger partial charge in [-0.1, -0.05) is 46.4 Å². The van der Waals surface area contributed by atoms with Gasteiger partial charge in [0, 0.05) is 34.3 Å². The molecular formula is C23H16Cl4N4O3. The zero-order chi connectivity index (χ0) is 23.7. The minimum atomic E-state index is -1.38. The van der Waals surface area contributed by atoms with E-state index in [1.165, 1.54) is 12.1 Å². The Bertz CT molecular complexity index is 1340. The number of carbonyl (C=O) groups excluding carboxylic acids is 3. The zero-order valence-electron chi connectivity index (χ0n) is 17.4. The Balaban J connectivity index is 1.46. The lowest BCUT2D eigenvalue weighted by molar-refractivity contribution is -0.135. The van der Waals surface area contributed by atoms with Crippen molar-refractivity contribution in [3.05, 3.63) is 50.0 Å². The van der Waals surface area contributed by atoms with Crippen LogP contribution in [0.25, 0.3) is 0 Å². The maximum Gasteiger partial charge on any atom is 0.250 e. The molecule has 1 aromatic carbocycles. The average Bonchev–Trinajstić information content (AvgIpc) is 3.04. The number of pyridine rings is 1. The first-order valence-electron chi connectivity index (χ1n) is 10.9. The van der Waals surface area contributed by atoms with Gasteiger partial charge < -0.3 is 5.32 Å². The quantitative estimate of drug-likeness (QED) is 0.427. The number of hydrogen-bond acceptors (Lipinski definition) is 5. The summed E-state index contributed by atoms with van der Waals surface area (Å²) < 4.78 is 0. The van der Waals surface area contributed by atoms with Crippen LogP contribution in [0, 0.1) is 17.3 Å². The van der Waals surface area contributed by atoms with Crippen molar-refractivity contribution in [2.24, 2.45) is 17.3 Å². The molecule has 11 heteroatoms. The van der Waals surface area contributed by atoms with Gasteiger partial charge >= 0.3 is 0 Å². The molecule has 2 aromatic rings. The highest BCUT2D eigenvalue weighted by atomic mass is 35.5. The van der Waals surface area contributed by atoms with Gasteiger partial charge in [-0.15, -0.1) is 0 Å². The van der Waals surface area contributed by atoms with E-state index in [2.05, 4.69) is 15.2 Å². The summed E-state index contributed by atoms with van der Waals surface area (Å²) in [4.78, 5) is 49.0. The molecule has 3 amide bonds. The van der Waals surface area contributed by atoms with E-state index in [1.54, 1.807) is 12.1 Å². The number of hydrogen-bond donors (Lipinski definition) is 1. The molecule has 7 rings (SSSR count). The standard InChI is InChI=1S/C23H16Cl4N4O3/c24-9-3-11-18(12(26)4-9)29-21(34)23(11)17-16(13-7-22(1-2-22)8-30(13)23)19(32)31(20(17)33)15-6-10(25)5-14(27)28-15/h3-6,13,16-17H,1-2,7-8H2,(H,29,34). The van der Waals surface area contributed by atoms with Gasteiger partial charge in [-0.3, -0.25) is 19.3 Å². The summed E-state index contributed by atoms with van der Waals surface area (Å²) in [6.07, 6.45) is 2.83. The molecule has 3 saturated heterocycles. The van der Waals surface area contributed by atoms with Crippen LogP contribution in [0.5, 0.6) is 0 Å². The summed E-state index contributed by atoms with van der Waals surface area (Å²) in [5.41, 5.74) is -0.322. The van der Waals surface area contributed by atoms with Gasteiger partial charge in [0.25, 0.3) is 5.91 Å². The van der Waals surface area contributed by atoms with Gasteiger partial charge in [-0.25, -0.2) is 9.88 Å². The lowest BCUT2D eigenvalue weighted by Crippen LogP contribution is -2.54. The Kier molecular flexibility index (Phi) is 4.18. The number of amides is 3. The first kappa shape index (κ1) is 21.4. The van der Waals surface area contributed by atoms with Crippen LogP contribution in [0.3, 0.4) is 0 Å². The Labute approximate surface area is 214 Å². The number of nitrogens with zero attached hydrogens (tertiary/aromatic N) is 3. The molecule has 5 heterocycles. The van der Waals surface area contributed by atoms with E-state index < -0.39 is 23.3 Å². The van der Waals surface area contributed by atoms with E-state index in [0.717, 1.165) is 24.2 Å². The van der Waals surface area contributed by atoms with E-state index in [9.17, 15) is 14.4 Å². The van der Waals surface area contributed by atoms with E-state index in [1.807, 2.05) is 0 Å². The van der Waals surface area contributed by atoms with Gasteiger partial charge in [0.15, 0.2) is 0 Å². The molecule has 2 spiro atoms. The topological polar surface area (TPSA) is 82.6 Å². The van der Waals surface area contributed by atoms with Crippen molar-refractivity contribution in [1.29, 1.82) is 0 Å². The van der Waals surface area contributed by atoms with Gasteiger partial charge in [-0.05, 0) is 42.9 Å². The Hall–Kier alpha value is -1.90. The number of benzene rings is 1. The predicted molar refractivity (Wildman–Crippen MR) is 127 cm³/mol. The van der Waals surface area contributed by atoms with E-state index >= 15 is 0 Å². The normalized spacial score (nSPS) is 32.5. The summed E-state index contributed by atoms with van der Waals surface area (Å²) in [7, 11) is 0. The van der Waals surface area contributed by atoms with Crippen LogP contribution in [0.15, 0.2) is 24.3 Å². The number of carbonyl (C=O) groups is 3.